The number of hydrogen-bond donors (Lipinski definition) is 5. The molecule has 20 heteroatoms. The van der Waals surface area contributed by atoms with Gasteiger partial charge in [0.25, 0.3) is 20.2 Å². The Labute approximate surface area is 354 Å². The predicted octanol–water partition coefficient (Wildman–Crippen LogP) is 5.72. The number of nitrogens with one attached hydrogen (secondary N) is 1. The number of likely N-dealkylation sites (N-methyl/N-ethyl adjacent to an activating group) is 2. The van der Waals surface area contributed by atoms with Crippen molar-refractivity contribution >= 4 is 71.2 Å². The molecule has 0 aliphatic rings. The van der Waals surface area contributed by atoms with Gasteiger partial charge in [-0.3, -0.25) is 33.3 Å². The number of nitrogens with zero attached hydrogens (tertiary/aromatic N) is 5. The second kappa shape index (κ2) is 20.6. The number of halogens is 1. The highest BCUT2D eigenvalue weighted by Crippen LogP contribution is 2.44. The highest BCUT2D eigenvalue weighted by atomic mass is 32.2. The fraction of sp³-hybridized carbons (Fsp3) is 0.390. The minimum atomic E-state index is -5.07. The number of aromatic hydroxyl groups is 1. The van der Waals surface area contributed by atoms with Gasteiger partial charge in [-0.1, -0.05) is 32.0 Å². The molecule has 4 aromatic carbocycles. The lowest BCUT2D eigenvalue weighted by atomic mass is 10.00. The number of carbonyl (C=O) groups is 3. The standard InChI is InChI=1S/C41H52FN7O10S2/c1-7-47(6)15-16-49(18-17-48(8-2)23-30(51)21-32(42)27(5)50)24-38(52)44-33-12-9-28(19-25(33)3)29-10-13-34(26(4)20-29)45-46-35-14-11-31-36(60(54,55)56)22-37(61(57,58)59)40(43)39(31)41(35)53/h9-14,19-20,22,32,53H,7-8,15-18,21,23-24,43H2,1-6H3,(H,44,52)(H,54,55,56)(H,57,58,59). The predicted molar refractivity (Wildman–Crippen MR) is 231 cm³/mol. The van der Waals surface area contributed by atoms with E-state index in [4.69, 9.17) is 5.73 Å². The molecule has 0 saturated carbocycles. The Morgan fingerprint density at radius 3 is 1.93 bits per heavy atom. The lowest BCUT2D eigenvalue weighted by Gasteiger charge is -2.28. The average Bonchev–Trinajstić information content (AvgIpc) is 3.17. The molecule has 0 aliphatic heterocycles. The van der Waals surface area contributed by atoms with Crippen LogP contribution in [0.1, 0.15) is 38.3 Å². The molecular formula is C41H52FN7O10S2. The van der Waals surface area contributed by atoms with Crippen molar-refractivity contribution in [1.82, 2.24) is 14.7 Å². The number of nitrogens with two attached hydrogens (primary N) is 1. The van der Waals surface area contributed by atoms with E-state index in [9.17, 15) is 49.8 Å². The number of rotatable bonds is 21. The third-order valence-corrected chi connectivity index (χ3v) is 12.0. The zero-order valence-electron chi connectivity index (χ0n) is 34.8. The Bertz CT molecular complexity index is 2550. The van der Waals surface area contributed by atoms with Gasteiger partial charge in [0.05, 0.1) is 29.9 Å². The maximum Gasteiger partial charge on any atom is 0.296 e. The van der Waals surface area contributed by atoms with Crippen molar-refractivity contribution in [3.8, 4) is 16.9 Å². The van der Waals surface area contributed by atoms with Crippen LogP contribution in [0.5, 0.6) is 5.75 Å². The van der Waals surface area contributed by atoms with Crippen molar-refractivity contribution in [3.05, 3.63) is 65.7 Å². The first-order valence-electron chi connectivity index (χ1n) is 19.3. The third kappa shape index (κ3) is 12.9. The molecule has 0 aliphatic carbocycles. The average molecular weight is 886 g/mol. The molecule has 61 heavy (non-hydrogen) atoms. The van der Waals surface area contributed by atoms with E-state index in [0.717, 1.165) is 36.2 Å². The summed E-state index contributed by atoms with van der Waals surface area (Å²) >= 11 is 0. The molecule has 330 valence electrons. The summed E-state index contributed by atoms with van der Waals surface area (Å²) in [5.41, 5.74) is 9.22. The molecule has 17 nitrogen and oxygen atoms in total. The van der Waals surface area contributed by atoms with Crippen molar-refractivity contribution in [2.75, 3.05) is 70.5 Å². The van der Waals surface area contributed by atoms with Gasteiger partial charge in [-0.05, 0) is 99.6 Å². The van der Waals surface area contributed by atoms with Crippen molar-refractivity contribution in [2.24, 2.45) is 10.2 Å². The Morgan fingerprint density at radius 1 is 0.787 bits per heavy atom. The van der Waals surface area contributed by atoms with Crippen molar-refractivity contribution < 1.29 is 49.8 Å². The maximum absolute atomic E-state index is 13.8. The van der Waals surface area contributed by atoms with Gasteiger partial charge in [0.15, 0.2) is 17.7 Å². The van der Waals surface area contributed by atoms with E-state index in [0.29, 0.717) is 55.7 Å². The largest absolute Gasteiger partial charge is 0.505 e. The van der Waals surface area contributed by atoms with Crippen molar-refractivity contribution in [3.63, 3.8) is 0 Å². The second-order valence-corrected chi connectivity index (χ2v) is 17.5. The van der Waals surface area contributed by atoms with Gasteiger partial charge in [0.2, 0.25) is 5.91 Å². The van der Waals surface area contributed by atoms with Gasteiger partial charge in [-0.15, -0.1) is 5.11 Å². The number of fused-ring (bicyclic) bond motifs is 1. The molecule has 0 fully saturated rings. The van der Waals surface area contributed by atoms with Crippen LogP contribution in [-0.4, -0.2) is 129 Å². The Balaban J connectivity index is 1.48. The molecule has 1 amide bonds. The van der Waals surface area contributed by atoms with E-state index in [2.05, 4.69) is 20.4 Å². The summed E-state index contributed by atoms with van der Waals surface area (Å²) in [5, 5.41) is 21.5. The number of benzene rings is 4. The molecule has 0 bridgehead atoms. The van der Waals surface area contributed by atoms with Crippen molar-refractivity contribution in [1.29, 1.82) is 0 Å². The number of aryl methyl sites for hydroxylation is 2. The highest BCUT2D eigenvalue weighted by Gasteiger charge is 2.27. The van der Waals surface area contributed by atoms with Crippen molar-refractivity contribution in [2.45, 2.75) is 57.0 Å². The Kier molecular flexibility index (Phi) is 16.3. The zero-order valence-corrected chi connectivity index (χ0v) is 36.5. The van der Waals surface area contributed by atoms with Gasteiger partial charge in [-0.2, -0.15) is 21.9 Å². The number of Topliss-reactive ketones (excluding diaryl/α,β-unsaturated/α-hetero) is 2. The maximum atomic E-state index is 13.8. The molecule has 0 heterocycles. The number of azo groups is 1. The van der Waals surface area contributed by atoms with E-state index in [-0.39, 0.29) is 35.9 Å². The topological polar surface area (TPSA) is 253 Å². The number of hydrogen-bond acceptors (Lipinski definition) is 14. The number of phenolic OH excluding ortho intramolecular Hbond substituents is 1. The van der Waals surface area contributed by atoms with E-state index in [1.165, 1.54) is 6.07 Å². The van der Waals surface area contributed by atoms with E-state index >= 15 is 0 Å². The van der Waals surface area contributed by atoms with Crippen LogP contribution < -0.4 is 11.1 Å². The number of phenols is 1. The first kappa shape index (κ1) is 48.4. The monoisotopic (exact) mass is 885 g/mol. The lowest BCUT2D eigenvalue weighted by Crippen LogP contribution is -2.43. The quantitative estimate of drug-likeness (QED) is 0.0381. The molecule has 6 N–H and O–H groups in total. The fourth-order valence-electron chi connectivity index (χ4n) is 6.42. The van der Waals surface area contributed by atoms with E-state index in [1.807, 2.05) is 55.8 Å². The van der Waals surface area contributed by atoms with Gasteiger partial charge in [-0.25, -0.2) is 4.39 Å². The van der Waals surface area contributed by atoms with Crippen LogP contribution in [0, 0.1) is 13.8 Å². The molecule has 4 rings (SSSR count). The van der Waals surface area contributed by atoms with Crippen LogP contribution in [0.2, 0.25) is 0 Å². The molecule has 4 aromatic rings. The summed E-state index contributed by atoms with van der Waals surface area (Å²) in [6, 6.07) is 13.8. The van der Waals surface area contributed by atoms with E-state index < -0.39 is 65.2 Å². The summed E-state index contributed by atoms with van der Waals surface area (Å²) < 4.78 is 81.2. The van der Waals surface area contributed by atoms with Crippen LogP contribution in [0.25, 0.3) is 21.9 Å². The minimum Gasteiger partial charge on any atom is -0.505 e. The van der Waals surface area contributed by atoms with E-state index in [1.54, 1.807) is 25.1 Å². The number of nitrogen functional groups attached to an aromatic ring is 1. The Hall–Kier alpha value is -5.22. The summed E-state index contributed by atoms with van der Waals surface area (Å²) in [6.45, 7) is 12.4. The molecule has 0 aromatic heterocycles. The van der Waals surface area contributed by atoms with Crippen LogP contribution in [0.4, 0.5) is 27.1 Å². The number of anilines is 2. The normalized spacial score (nSPS) is 12.9. The first-order chi connectivity index (χ1) is 28.5. The molecular weight excluding hydrogens is 834 g/mol. The first-order valence-corrected chi connectivity index (χ1v) is 22.2. The van der Waals surface area contributed by atoms with Gasteiger partial charge in [0.1, 0.15) is 21.3 Å². The Morgan fingerprint density at radius 2 is 1.36 bits per heavy atom. The summed E-state index contributed by atoms with van der Waals surface area (Å²) in [5.74, 6) is -1.99. The highest BCUT2D eigenvalue weighted by molar-refractivity contribution is 7.87. The molecule has 0 radical (unpaired) electrons. The van der Waals surface area contributed by atoms with Crippen LogP contribution in [0.15, 0.2) is 74.6 Å². The van der Waals surface area contributed by atoms with Crippen LogP contribution in [-0.2, 0) is 34.6 Å². The second-order valence-electron chi connectivity index (χ2n) is 14.7. The van der Waals surface area contributed by atoms with Gasteiger partial charge >= 0.3 is 0 Å². The molecule has 0 spiro atoms. The van der Waals surface area contributed by atoms with Crippen LogP contribution >= 0.6 is 0 Å². The summed E-state index contributed by atoms with van der Waals surface area (Å²) in [6.07, 6.45) is -2.26. The number of ketones is 2. The number of amides is 1. The SMILES string of the molecule is CCN(C)CCN(CCN(CC)CC(=O)CC(F)C(C)=O)CC(=O)Nc1ccc(-c2ccc(N=Nc3ccc4c(S(=O)(=O)O)cc(S(=O)(=O)O)c(N)c4c3O)c(C)c2)cc1C. The third-order valence-electron chi connectivity index (χ3n) is 10.2. The molecule has 0 saturated heterocycles. The fourth-order valence-corrected chi connectivity index (χ4v) is 7.86. The smallest absolute Gasteiger partial charge is 0.296 e. The van der Waals surface area contributed by atoms with Gasteiger partial charge < -0.3 is 21.1 Å². The zero-order chi connectivity index (χ0) is 45.4. The summed E-state index contributed by atoms with van der Waals surface area (Å²) in [7, 11) is -8.11. The lowest BCUT2D eigenvalue weighted by molar-refractivity contribution is -0.128. The molecule has 1 unspecified atom stereocenters. The number of alkyl halides is 1. The van der Waals surface area contributed by atoms with Gasteiger partial charge in [0, 0.05) is 43.7 Å². The minimum absolute atomic E-state index is 0.0120. The number of carbonyl (C=O) groups excluding carboxylic acids is 3. The van der Waals surface area contributed by atoms with Crippen LogP contribution in [0.3, 0.4) is 0 Å². The molecule has 1 atom stereocenters. The summed E-state index contributed by atoms with van der Waals surface area (Å²) in [4.78, 5) is 41.1.